The fraction of sp³-hybridized carbons (Fsp3) is 0.300. The first-order valence-corrected chi connectivity index (χ1v) is 5.16. The Morgan fingerprint density at radius 2 is 2.21 bits per heavy atom. The van der Waals surface area contributed by atoms with Crippen LogP contribution in [0.2, 0.25) is 0 Å². The molecule has 0 aliphatic carbocycles. The van der Waals surface area contributed by atoms with E-state index < -0.39 is 0 Å². The van der Waals surface area contributed by atoms with Gasteiger partial charge in [0.15, 0.2) is 0 Å². The van der Waals surface area contributed by atoms with Gasteiger partial charge in [-0.1, -0.05) is 6.08 Å². The summed E-state index contributed by atoms with van der Waals surface area (Å²) in [5.41, 5.74) is 2.63. The quantitative estimate of drug-likeness (QED) is 0.852. The topological polar surface area (TPSA) is 24.9 Å². The van der Waals surface area contributed by atoms with Crippen LogP contribution in [0, 0.1) is 0 Å². The minimum atomic E-state index is 0. The fourth-order valence-corrected chi connectivity index (χ4v) is 1.84. The molecule has 14 heavy (non-hydrogen) atoms. The van der Waals surface area contributed by atoms with E-state index in [-0.39, 0.29) is 12.4 Å². The predicted octanol–water partition coefficient (Wildman–Crippen LogP) is 2.64. The number of nitrogens with zero attached hydrogens (tertiary/aromatic N) is 1. The molecule has 0 saturated carbocycles. The lowest BCUT2D eigenvalue weighted by Crippen LogP contribution is -2.20. The molecule has 2 rings (SSSR count). The highest BCUT2D eigenvalue weighted by molar-refractivity contribution is 9.10. The lowest BCUT2D eigenvalue weighted by molar-refractivity contribution is 0.738. The number of aromatic nitrogens is 1. The van der Waals surface area contributed by atoms with Crippen LogP contribution in [0.3, 0.4) is 0 Å². The van der Waals surface area contributed by atoms with Gasteiger partial charge in [0.2, 0.25) is 0 Å². The van der Waals surface area contributed by atoms with E-state index in [1.54, 1.807) is 0 Å². The molecule has 1 aliphatic rings. The molecule has 0 aromatic carbocycles. The van der Waals surface area contributed by atoms with Gasteiger partial charge in [0.05, 0.1) is 0 Å². The van der Waals surface area contributed by atoms with Crippen molar-refractivity contribution in [3.63, 3.8) is 0 Å². The molecular formula is C10H12BrClN2. The Hall–Kier alpha value is -0.380. The predicted molar refractivity (Wildman–Crippen MR) is 64.6 cm³/mol. The molecule has 0 atom stereocenters. The summed E-state index contributed by atoms with van der Waals surface area (Å²) in [5, 5.41) is 3.29. The minimum absolute atomic E-state index is 0. The van der Waals surface area contributed by atoms with Gasteiger partial charge in [-0.05, 0) is 46.1 Å². The summed E-state index contributed by atoms with van der Waals surface area (Å²) in [6.07, 6.45) is 7.05. The van der Waals surface area contributed by atoms with Gasteiger partial charge in [-0.25, -0.2) is 0 Å². The average Bonchev–Trinajstić information content (AvgIpc) is 2.19. The van der Waals surface area contributed by atoms with Crippen molar-refractivity contribution in [1.29, 1.82) is 0 Å². The van der Waals surface area contributed by atoms with E-state index in [0.717, 1.165) is 24.0 Å². The first kappa shape index (κ1) is 11.7. The van der Waals surface area contributed by atoms with Crippen LogP contribution in [0.1, 0.15) is 12.0 Å². The first-order chi connectivity index (χ1) is 6.36. The summed E-state index contributed by atoms with van der Waals surface area (Å²) in [4.78, 5) is 4.15. The van der Waals surface area contributed by atoms with Gasteiger partial charge in [-0.3, -0.25) is 4.98 Å². The van der Waals surface area contributed by atoms with Crippen molar-refractivity contribution >= 4 is 33.9 Å². The number of halogens is 2. The van der Waals surface area contributed by atoms with Crippen molar-refractivity contribution in [3.05, 3.63) is 34.6 Å². The van der Waals surface area contributed by atoms with Crippen LogP contribution < -0.4 is 5.32 Å². The third-order valence-electron chi connectivity index (χ3n) is 2.14. The number of hydrogen-bond donors (Lipinski definition) is 1. The summed E-state index contributed by atoms with van der Waals surface area (Å²) in [7, 11) is 0. The van der Waals surface area contributed by atoms with E-state index >= 15 is 0 Å². The molecule has 1 aromatic heterocycles. The molecule has 0 spiro atoms. The Morgan fingerprint density at radius 3 is 2.86 bits per heavy atom. The monoisotopic (exact) mass is 274 g/mol. The second-order valence-corrected chi connectivity index (χ2v) is 3.99. The van der Waals surface area contributed by atoms with Crippen LogP contribution in [-0.2, 0) is 0 Å². The number of hydrogen-bond acceptors (Lipinski definition) is 2. The summed E-state index contributed by atoms with van der Waals surface area (Å²) in [6, 6.07) is 2.12. The molecule has 1 aromatic rings. The van der Waals surface area contributed by atoms with Crippen molar-refractivity contribution in [3.8, 4) is 0 Å². The van der Waals surface area contributed by atoms with Crippen molar-refractivity contribution in [2.24, 2.45) is 0 Å². The van der Waals surface area contributed by atoms with E-state index in [0.29, 0.717) is 0 Å². The summed E-state index contributed by atoms with van der Waals surface area (Å²) < 4.78 is 1.05. The summed E-state index contributed by atoms with van der Waals surface area (Å²) in [5.74, 6) is 0. The van der Waals surface area contributed by atoms with Crippen LogP contribution >= 0.6 is 28.3 Å². The van der Waals surface area contributed by atoms with E-state index in [1.807, 2.05) is 12.4 Å². The SMILES string of the molecule is Brc1cncc(C2=CCNCC2)c1.Cl. The molecule has 4 heteroatoms. The molecule has 2 heterocycles. The lowest BCUT2D eigenvalue weighted by Gasteiger charge is -2.13. The number of pyridine rings is 1. The Kier molecular flexibility index (Phi) is 4.58. The molecule has 76 valence electrons. The minimum Gasteiger partial charge on any atom is -0.313 e. The van der Waals surface area contributed by atoms with Crippen molar-refractivity contribution in [2.45, 2.75) is 6.42 Å². The largest absolute Gasteiger partial charge is 0.313 e. The first-order valence-electron chi connectivity index (χ1n) is 4.37. The van der Waals surface area contributed by atoms with Gasteiger partial charge >= 0.3 is 0 Å². The standard InChI is InChI=1S/C10H11BrN2.ClH/c11-10-5-9(6-13-7-10)8-1-3-12-4-2-8;/h1,5-7,12H,2-4H2;1H. The summed E-state index contributed by atoms with van der Waals surface area (Å²) in [6.45, 7) is 2.04. The maximum absolute atomic E-state index is 4.15. The third-order valence-corrected chi connectivity index (χ3v) is 2.57. The zero-order chi connectivity index (χ0) is 9.10. The fourth-order valence-electron chi connectivity index (χ4n) is 1.47. The number of nitrogens with one attached hydrogen (secondary N) is 1. The maximum Gasteiger partial charge on any atom is 0.0410 e. The molecule has 1 aliphatic heterocycles. The Labute approximate surface area is 98.4 Å². The smallest absolute Gasteiger partial charge is 0.0410 e. The normalized spacial score (nSPS) is 15.6. The third kappa shape index (κ3) is 2.80. The van der Waals surface area contributed by atoms with Gasteiger partial charge in [0, 0.05) is 23.4 Å². The van der Waals surface area contributed by atoms with Crippen LogP contribution in [0.25, 0.3) is 5.57 Å². The van der Waals surface area contributed by atoms with Crippen LogP contribution in [0.15, 0.2) is 29.0 Å². The van der Waals surface area contributed by atoms with Crippen LogP contribution in [-0.4, -0.2) is 18.1 Å². The van der Waals surface area contributed by atoms with Gasteiger partial charge < -0.3 is 5.32 Å². The van der Waals surface area contributed by atoms with E-state index in [9.17, 15) is 0 Å². The maximum atomic E-state index is 4.15. The van der Waals surface area contributed by atoms with E-state index in [2.05, 4.69) is 38.4 Å². The van der Waals surface area contributed by atoms with Crippen molar-refractivity contribution < 1.29 is 0 Å². The van der Waals surface area contributed by atoms with Gasteiger partial charge in [-0.15, -0.1) is 12.4 Å². The lowest BCUT2D eigenvalue weighted by atomic mass is 10.0. The highest BCUT2D eigenvalue weighted by atomic mass is 79.9. The highest BCUT2D eigenvalue weighted by Gasteiger charge is 2.05. The molecule has 0 fully saturated rings. The van der Waals surface area contributed by atoms with Crippen molar-refractivity contribution in [1.82, 2.24) is 10.3 Å². The Bertz CT molecular complexity index is 339. The molecule has 0 saturated heterocycles. The summed E-state index contributed by atoms with van der Waals surface area (Å²) >= 11 is 3.42. The molecule has 0 bridgehead atoms. The van der Waals surface area contributed by atoms with Crippen LogP contribution in [0.4, 0.5) is 0 Å². The molecule has 0 radical (unpaired) electrons. The highest BCUT2D eigenvalue weighted by Crippen LogP contribution is 2.21. The molecule has 0 unspecified atom stereocenters. The van der Waals surface area contributed by atoms with Gasteiger partial charge in [0.25, 0.3) is 0 Å². The second kappa shape index (κ2) is 5.49. The zero-order valence-electron chi connectivity index (χ0n) is 7.66. The molecule has 0 amide bonds. The zero-order valence-corrected chi connectivity index (χ0v) is 10.1. The van der Waals surface area contributed by atoms with Crippen LogP contribution in [0.5, 0.6) is 0 Å². The van der Waals surface area contributed by atoms with E-state index in [1.165, 1.54) is 11.1 Å². The Balaban J connectivity index is 0.000000980. The molecule has 1 N–H and O–H groups in total. The van der Waals surface area contributed by atoms with E-state index in [4.69, 9.17) is 0 Å². The molecule has 2 nitrogen and oxygen atoms in total. The second-order valence-electron chi connectivity index (χ2n) is 3.08. The Morgan fingerprint density at radius 1 is 1.36 bits per heavy atom. The average molecular weight is 276 g/mol. The molecular weight excluding hydrogens is 263 g/mol. The van der Waals surface area contributed by atoms with Crippen molar-refractivity contribution in [2.75, 3.05) is 13.1 Å². The number of rotatable bonds is 1. The van der Waals surface area contributed by atoms with Gasteiger partial charge in [0.1, 0.15) is 0 Å². The van der Waals surface area contributed by atoms with Gasteiger partial charge in [-0.2, -0.15) is 0 Å².